The van der Waals surface area contributed by atoms with Crippen LogP contribution in [-0.4, -0.2) is 9.97 Å². The molecule has 0 aliphatic heterocycles. The number of hydrogen-bond donors (Lipinski definition) is 0. The van der Waals surface area contributed by atoms with E-state index in [9.17, 15) is 0 Å². The first-order valence-electron chi connectivity index (χ1n) is 15.0. The van der Waals surface area contributed by atoms with Gasteiger partial charge in [-0.25, -0.2) is 4.98 Å². The molecule has 0 saturated heterocycles. The summed E-state index contributed by atoms with van der Waals surface area (Å²) < 4.78 is 0. The van der Waals surface area contributed by atoms with E-state index in [0.29, 0.717) is 0 Å². The first-order chi connectivity index (χ1) is 21.8. The highest BCUT2D eigenvalue weighted by molar-refractivity contribution is 6.21. The van der Waals surface area contributed by atoms with Crippen LogP contribution in [0.1, 0.15) is 0 Å². The highest BCUT2D eigenvalue weighted by Crippen LogP contribution is 2.44. The van der Waals surface area contributed by atoms with Crippen LogP contribution in [-0.2, 0) is 0 Å². The molecule has 2 heteroatoms. The zero-order chi connectivity index (χ0) is 29.0. The van der Waals surface area contributed by atoms with Crippen LogP contribution >= 0.6 is 0 Å². The maximum Gasteiger partial charge on any atom is 0.0803 e. The van der Waals surface area contributed by atoms with Crippen LogP contribution in [0.3, 0.4) is 0 Å². The molecule has 9 aromatic rings. The summed E-state index contributed by atoms with van der Waals surface area (Å²) in [6, 6.07) is 52.6. The third kappa shape index (κ3) is 3.89. The Morgan fingerprint density at radius 3 is 1.64 bits per heavy atom. The second-order valence-corrected chi connectivity index (χ2v) is 11.4. The summed E-state index contributed by atoms with van der Waals surface area (Å²) in [7, 11) is 0. The fraction of sp³-hybridized carbons (Fsp3) is 0. The van der Waals surface area contributed by atoms with Gasteiger partial charge in [-0.2, -0.15) is 0 Å². The maximum absolute atomic E-state index is 5.10. The van der Waals surface area contributed by atoms with Crippen LogP contribution in [0.5, 0.6) is 0 Å². The van der Waals surface area contributed by atoms with E-state index in [1.165, 1.54) is 54.6 Å². The standard InChI is InChI=1S/C42H26N2/c1-2-8-32-25-33(20-13-27(32)7-1)41-36-11-5-3-9-34(36)40(35-10-4-6-12-37(35)41)30-17-15-29(16-18-30)39-22-21-31-19-14-28-23-24-43-26-38(28)42(31)44-39/h1-26H. The van der Waals surface area contributed by atoms with E-state index in [4.69, 9.17) is 4.98 Å². The van der Waals surface area contributed by atoms with Gasteiger partial charge in [0.25, 0.3) is 0 Å². The molecule has 0 N–H and O–H groups in total. The number of benzene rings is 7. The smallest absolute Gasteiger partial charge is 0.0803 e. The Kier molecular flexibility index (Phi) is 5.54. The van der Waals surface area contributed by atoms with E-state index in [1.807, 2.05) is 18.5 Å². The van der Waals surface area contributed by atoms with Crippen molar-refractivity contribution in [3.05, 3.63) is 158 Å². The highest BCUT2D eigenvalue weighted by atomic mass is 14.7. The van der Waals surface area contributed by atoms with Crippen molar-refractivity contribution in [2.75, 3.05) is 0 Å². The fourth-order valence-corrected chi connectivity index (χ4v) is 6.81. The first-order valence-corrected chi connectivity index (χ1v) is 15.0. The molecule has 0 fully saturated rings. The Morgan fingerprint density at radius 1 is 0.364 bits per heavy atom. The van der Waals surface area contributed by atoms with Gasteiger partial charge in [-0.3, -0.25) is 4.98 Å². The molecule has 0 aliphatic rings. The average molecular weight is 559 g/mol. The molecule has 0 radical (unpaired) electrons. The molecule has 0 aliphatic carbocycles. The van der Waals surface area contributed by atoms with E-state index in [0.717, 1.165) is 32.9 Å². The summed E-state index contributed by atoms with van der Waals surface area (Å²) >= 11 is 0. The largest absolute Gasteiger partial charge is 0.264 e. The maximum atomic E-state index is 5.10. The molecule has 0 unspecified atom stereocenters. The Balaban J connectivity index is 1.22. The number of hydrogen-bond acceptors (Lipinski definition) is 2. The molecular weight excluding hydrogens is 532 g/mol. The summed E-state index contributed by atoms with van der Waals surface area (Å²) in [6.45, 7) is 0. The average Bonchev–Trinajstić information content (AvgIpc) is 3.10. The Bertz CT molecular complexity index is 2490. The predicted octanol–water partition coefficient (Wildman–Crippen LogP) is 11.2. The predicted molar refractivity (Wildman–Crippen MR) is 186 cm³/mol. The normalized spacial score (nSPS) is 11.6. The Labute approximate surface area is 254 Å². The summed E-state index contributed by atoms with van der Waals surface area (Å²) in [4.78, 5) is 9.46. The highest BCUT2D eigenvalue weighted by Gasteiger charge is 2.17. The molecule has 0 amide bonds. The van der Waals surface area contributed by atoms with E-state index in [-0.39, 0.29) is 0 Å². The second kappa shape index (κ2) is 9.86. The van der Waals surface area contributed by atoms with Gasteiger partial charge in [0.15, 0.2) is 0 Å². The SMILES string of the molecule is c1ccc2cc(-c3c4ccccc4c(-c4ccc(-c5ccc6ccc7ccncc7c6n5)cc4)c4ccccc34)ccc2c1. The van der Waals surface area contributed by atoms with Gasteiger partial charge in [-0.1, -0.05) is 127 Å². The zero-order valence-corrected chi connectivity index (χ0v) is 23.9. The number of aromatic nitrogens is 2. The second-order valence-electron chi connectivity index (χ2n) is 11.4. The fourth-order valence-electron chi connectivity index (χ4n) is 6.81. The van der Waals surface area contributed by atoms with E-state index < -0.39 is 0 Å². The minimum Gasteiger partial charge on any atom is -0.264 e. The molecule has 7 aromatic carbocycles. The van der Waals surface area contributed by atoms with E-state index >= 15 is 0 Å². The van der Waals surface area contributed by atoms with Crippen molar-refractivity contribution in [1.29, 1.82) is 0 Å². The van der Waals surface area contributed by atoms with Crippen LogP contribution < -0.4 is 0 Å². The van der Waals surface area contributed by atoms with Gasteiger partial charge < -0.3 is 0 Å². The molecular formula is C42H26N2. The van der Waals surface area contributed by atoms with Crippen molar-refractivity contribution >= 4 is 54.0 Å². The number of rotatable bonds is 3. The summed E-state index contributed by atoms with van der Waals surface area (Å²) in [5.74, 6) is 0. The molecule has 0 spiro atoms. The molecule has 2 heterocycles. The number of nitrogens with zero attached hydrogens (tertiary/aromatic N) is 2. The van der Waals surface area contributed by atoms with Crippen molar-refractivity contribution in [3.63, 3.8) is 0 Å². The monoisotopic (exact) mass is 558 g/mol. The summed E-state index contributed by atoms with van der Waals surface area (Å²) in [6.07, 6.45) is 3.74. The molecule has 204 valence electrons. The van der Waals surface area contributed by atoms with Crippen LogP contribution in [0, 0.1) is 0 Å². The zero-order valence-electron chi connectivity index (χ0n) is 23.9. The van der Waals surface area contributed by atoms with Gasteiger partial charge >= 0.3 is 0 Å². The quantitative estimate of drug-likeness (QED) is 0.159. The van der Waals surface area contributed by atoms with Crippen molar-refractivity contribution < 1.29 is 0 Å². The van der Waals surface area contributed by atoms with Crippen LogP contribution in [0.25, 0.3) is 87.5 Å². The van der Waals surface area contributed by atoms with Gasteiger partial charge in [-0.15, -0.1) is 0 Å². The first kappa shape index (κ1) is 24.7. The van der Waals surface area contributed by atoms with Gasteiger partial charge in [0, 0.05) is 28.7 Å². The van der Waals surface area contributed by atoms with Crippen molar-refractivity contribution in [3.8, 4) is 33.5 Å². The van der Waals surface area contributed by atoms with Gasteiger partial charge in [0.05, 0.1) is 11.2 Å². The van der Waals surface area contributed by atoms with Gasteiger partial charge in [0.1, 0.15) is 0 Å². The number of pyridine rings is 2. The van der Waals surface area contributed by atoms with Crippen LogP contribution in [0.2, 0.25) is 0 Å². The molecule has 0 atom stereocenters. The number of fused-ring (bicyclic) bond motifs is 6. The summed E-state index contributed by atoms with van der Waals surface area (Å²) in [5.41, 5.74) is 8.02. The third-order valence-corrected chi connectivity index (χ3v) is 8.92. The lowest BCUT2D eigenvalue weighted by molar-refractivity contribution is 1.35. The van der Waals surface area contributed by atoms with Crippen LogP contribution in [0.15, 0.2) is 158 Å². The lowest BCUT2D eigenvalue weighted by atomic mass is 9.85. The van der Waals surface area contributed by atoms with Gasteiger partial charge in [0.2, 0.25) is 0 Å². The van der Waals surface area contributed by atoms with Crippen molar-refractivity contribution in [2.24, 2.45) is 0 Å². The minimum absolute atomic E-state index is 0.960. The minimum atomic E-state index is 0.960. The molecule has 44 heavy (non-hydrogen) atoms. The molecule has 0 bridgehead atoms. The lowest BCUT2D eigenvalue weighted by Crippen LogP contribution is -1.91. The third-order valence-electron chi connectivity index (χ3n) is 8.92. The van der Waals surface area contributed by atoms with Crippen molar-refractivity contribution in [2.45, 2.75) is 0 Å². The molecule has 9 rings (SSSR count). The van der Waals surface area contributed by atoms with E-state index in [1.54, 1.807) is 0 Å². The van der Waals surface area contributed by atoms with Crippen LogP contribution in [0.4, 0.5) is 0 Å². The molecule has 0 saturated carbocycles. The van der Waals surface area contributed by atoms with Gasteiger partial charge in [-0.05, 0) is 78.2 Å². The van der Waals surface area contributed by atoms with Crippen molar-refractivity contribution in [1.82, 2.24) is 9.97 Å². The lowest BCUT2D eigenvalue weighted by Gasteiger charge is -2.18. The van der Waals surface area contributed by atoms with E-state index in [2.05, 4.69) is 145 Å². The topological polar surface area (TPSA) is 25.8 Å². The Hall–Kier alpha value is -5.86. The Morgan fingerprint density at radius 2 is 0.909 bits per heavy atom. The molecule has 2 aromatic heterocycles. The summed E-state index contributed by atoms with van der Waals surface area (Å²) in [5, 5.41) is 10.9. The molecule has 2 nitrogen and oxygen atoms in total.